The Labute approximate surface area is 148 Å². The molecule has 9 nitrogen and oxygen atoms in total. The summed E-state index contributed by atoms with van der Waals surface area (Å²) in [6, 6.07) is 1.93. The first-order valence-corrected chi connectivity index (χ1v) is 8.63. The highest BCUT2D eigenvalue weighted by Crippen LogP contribution is 2.18. The zero-order chi connectivity index (χ0) is 17.2. The number of carbonyl (C=O) groups is 1. The van der Waals surface area contributed by atoms with Gasteiger partial charge in [0.15, 0.2) is 0 Å². The molecule has 0 radical (unpaired) electrons. The van der Waals surface area contributed by atoms with Crippen molar-refractivity contribution in [2.75, 3.05) is 31.1 Å². The Bertz CT molecular complexity index is 869. The first kappa shape index (κ1) is 15.6. The van der Waals surface area contributed by atoms with E-state index in [4.69, 9.17) is 0 Å². The summed E-state index contributed by atoms with van der Waals surface area (Å²) >= 11 is 1.15. The molecule has 1 fully saturated rings. The van der Waals surface area contributed by atoms with Crippen LogP contribution in [0.1, 0.15) is 15.4 Å². The zero-order valence-electron chi connectivity index (χ0n) is 13.6. The zero-order valence-corrected chi connectivity index (χ0v) is 14.4. The predicted molar refractivity (Wildman–Crippen MR) is 91.9 cm³/mol. The largest absolute Gasteiger partial charge is 0.353 e. The van der Waals surface area contributed by atoms with E-state index in [0.717, 1.165) is 36.3 Å². The Hall–Kier alpha value is -2.88. The van der Waals surface area contributed by atoms with Crippen molar-refractivity contribution in [3.05, 3.63) is 41.7 Å². The molecule has 1 saturated heterocycles. The summed E-state index contributed by atoms with van der Waals surface area (Å²) in [6.07, 6.45) is 6.80. The number of aryl methyl sites for hydroxylation is 1. The van der Waals surface area contributed by atoms with Crippen LogP contribution >= 0.6 is 11.5 Å². The van der Waals surface area contributed by atoms with Crippen molar-refractivity contribution in [1.29, 1.82) is 0 Å². The number of rotatable bonds is 3. The van der Waals surface area contributed by atoms with Crippen LogP contribution in [0.5, 0.6) is 0 Å². The third kappa shape index (κ3) is 3.07. The first-order chi connectivity index (χ1) is 12.2. The third-order valence-corrected chi connectivity index (χ3v) is 4.96. The molecule has 3 aromatic rings. The van der Waals surface area contributed by atoms with E-state index in [9.17, 15) is 4.79 Å². The van der Waals surface area contributed by atoms with Crippen molar-refractivity contribution in [3.63, 3.8) is 0 Å². The van der Waals surface area contributed by atoms with Gasteiger partial charge in [0, 0.05) is 44.6 Å². The lowest BCUT2D eigenvalue weighted by molar-refractivity contribution is 0.0750. The second-order valence-electron chi connectivity index (χ2n) is 5.67. The Morgan fingerprint density at radius 2 is 1.96 bits per heavy atom. The van der Waals surface area contributed by atoms with E-state index >= 15 is 0 Å². The molecule has 0 N–H and O–H groups in total. The van der Waals surface area contributed by atoms with Gasteiger partial charge in [0.25, 0.3) is 5.91 Å². The smallest absolute Gasteiger partial charge is 0.267 e. The summed E-state index contributed by atoms with van der Waals surface area (Å²) in [5.74, 6) is 1.63. The van der Waals surface area contributed by atoms with Crippen molar-refractivity contribution in [2.24, 2.45) is 0 Å². The molecule has 0 aromatic carbocycles. The first-order valence-electron chi connectivity index (χ1n) is 7.86. The summed E-state index contributed by atoms with van der Waals surface area (Å²) < 4.78 is 5.68. The van der Waals surface area contributed by atoms with Crippen LogP contribution < -0.4 is 4.90 Å². The van der Waals surface area contributed by atoms with Crippen molar-refractivity contribution >= 4 is 23.3 Å². The fraction of sp³-hybridized carbons (Fsp3) is 0.333. The van der Waals surface area contributed by atoms with Gasteiger partial charge in [0.1, 0.15) is 29.2 Å². The Kier molecular flexibility index (Phi) is 4.10. The Balaban J connectivity index is 1.45. The van der Waals surface area contributed by atoms with Crippen LogP contribution in [-0.2, 0) is 0 Å². The average Bonchev–Trinajstić information content (AvgIpc) is 3.33. The van der Waals surface area contributed by atoms with E-state index in [1.54, 1.807) is 18.9 Å². The topological polar surface area (TPSA) is 92.9 Å². The number of aromatic nitrogens is 6. The minimum atomic E-state index is 0.00828. The Morgan fingerprint density at radius 1 is 1.16 bits per heavy atom. The number of anilines is 1. The summed E-state index contributed by atoms with van der Waals surface area (Å²) in [6.45, 7) is 4.53. The van der Waals surface area contributed by atoms with Crippen molar-refractivity contribution in [3.8, 4) is 5.82 Å². The average molecular weight is 356 g/mol. The lowest BCUT2D eigenvalue weighted by atomic mass is 10.2. The monoisotopic (exact) mass is 356 g/mol. The highest BCUT2D eigenvalue weighted by molar-refractivity contribution is 7.07. The minimum absolute atomic E-state index is 0.00828. The summed E-state index contributed by atoms with van der Waals surface area (Å²) in [5.41, 5.74) is 0.693. The maximum atomic E-state index is 12.5. The van der Waals surface area contributed by atoms with Crippen LogP contribution in [0.15, 0.2) is 31.1 Å². The molecule has 4 heterocycles. The van der Waals surface area contributed by atoms with E-state index in [0.29, 0.717) is 23.7 Å². The highest BCUT2D eigenvalue weighted by atomic mass is 32.1. The summed E-state index contributed by atoms with van der Waals surface area (Å²) in [5, 5.41) is 3.92. The molecule has 1 amide bonds. The molecular weight excluding hydrogens is 340 g/mol. The molecule has 0 aliphatic carbocycles. The van der Waals surface area contributed by atoms with Crippen LogP contribution in [0.2, 0.25) is 0 Å². The molecule has 4 rings (SSSR count). The van der Waals surface area contributed by atoms with Gasteiger partial charge < -0.3 is 9.80 Å². The molecule has 0 bridgehead atoms. The van der Waals surface area contributed by atoms with E-state index < -0.39 is 0 Å². The molecule has 128 valence electrons. The molecule has 3 aromatic heterocycles. The van der Waals surface area contributed by atoms with E-state index in [2.05, 4.69) is 29.4 Å². The maximum absolute atomic E-state index is 12.5. The van der Waals surface area contributed by atoms with Gasteiger partial charge >= 0.3 is 0 Å². The number of piperazine rings is 1. The lowest BCUT2D eigenvalue weighted by Gasteiger charge is -2.35. The molecule has 1 aliphatic heterocycles. The number of carbonyl (C=O) groups excluding carboxylic acids is 1. The summed E-state index contributed by atoms with van der Waals surface area (Å²) in [4.78, 5) is 29.8. The quantitative estimate of drug-likeness (QED) is 0.685. The third-order valence-electron chi connectivity index (χ3n) is 4.14. The van der Waals surface area contributed by atoms with Crippen LogP contribution in [0, 0.1) is 6.92 Å². The molecule has 0 saturated carbocycles. The summed E-state index contributed by atoms with van der Waals surface area (Å²) in [7, 11) is 0. The number of hydrogen-bond donors (Lipinski definition) is 0. The fourth-order valence-electron chi connectivity index (χ4n) is 2.76. The SMILES string of the molecule is Cc1nnsc1C(=O)N1CCN(c2cc(-n3ccnc3)ncn2)CC1. The minimum Gasteiger partial charge on any atom is -0.353 e. The highest BCUT2D eigenvalue weighted by Gasteiger charge is 2.25. The molecule has 1 aliphatic rings. The number of amides is 1. The number of hydrogen-bond acceptors (Lipinski definition) is 8. The number of imidazole rings is 1. The van der Waals surface area contributed by atoms with Crippen LogP contribution in [0.25, 0.3) is 5.82 Å². The predicted octanol–water partition coefficient (Wildman–Crippen LogP) is 0.785. The van der Waals surface area contributed by atoms with Crippen LogP contribution in [0.3, 0.4) is 0 Å². The second kappa shape index (κ2) is 6.55. The molecule has 25 heavy (non-hydrogen) atoms. The second-order valence-corrected chi connectivity index (χ2v) is 6.43. The standard InChI is InChI=1S/C15H16N8OS/c1-11-14(25-20-19-11)15(24)22-6-4-21(5-7-22)12-8-13(18-9-17-12)23-3-2-16-10-23/h2-3,8-10H,4-7H2,1H3. The molecule has 0 unspecified atom stereocenters. The van der Waals surface area contributed by atoms with Gasteiger partial charge in [-0.15, -0.1) is 5.10 Å². The van der Waals surface area contributed by atoms with Gasteiger partial charge in [0.05, 0.1) is 5.69 Å². The van der Waals surface area contributed by atoms with Gasteiger partial charge in [-0.05, 0) is 18.5 Å². The normalized spacial score (nSPS) is 14.8. The fourth-order valence-corrected chi connectivity index (χ4v) is 3.38. The van der Waals surface area contributed by atoms with Crippen molar-refractivity contribution < 1.29 is 4.79 Å². The molecule has 0 atom stereocenters. The molecular formula is C15H16N8OS. The van der Waals surface area contributed by atoms with Gasteiger partial charge in [-0.2, -0.15) is 0 Å². The van der Waals surface area contributed by atoms with Crippen LogP contribution in [-0.4, -0.2) is 66.1 Å². The van der Waals surface area contributed by atoms with Crippen molar-refractivity contribution in [2.45, 2.75) is 6.92 Å². The van der Waals surface area contributed by atoms with E-state index in [1.807, 2.05) is 28.7 Å². The Morgan fingerprint density at radius 3 is 2.64 bits per heavy atom. The van der Waals surface area contributed by atoms with E-state index in [-0.39, 0.29) is 5.91 Å². The van der Waals surface area contributed by atoms with Gasteiger partial charge in [-0.25, -0.2) is 15.0 Å². The lowest BCUT2D eigenvalue weighted by Crippen LogP contribution is -2.49. The van der Waals surface area contributed by atoms with Gasteiger partial charge in [0.2, 0.25) is 0 Å². The molecule has 0 spiro atoms. The molecule has 10 heteroatoms. The van der Waals surface area contributed by atoms with Crippen molar-refractivity contribution in [1.82, 2.24) is 34.0 Å². The number of nitrogens with zero attached hydrogens (tertiary/aromatic N) is 8. The van der Waals surface area contributed by atoms with E-state index in [1.165, 1.54) is 0 Å². The van der Waals surface area contributed by atoms with Gasteiger partial charge in [-0.1, -0.05) is 4.49 Å². The van der Waals surface area contributed by atoms with Gasteiger partial charge in [-0.3, -0.25) is 9.36 Å². The maximum Gasteiger partial charge on any atom is 0.267 e. The van der Waals surface area contributed by atoms with Crippen LogP contribution in [0.4, 0.5) is 5.82 Å².